The number of pyridine rings is 1. The van der Waals surface area contributed by atoms with Gasteiger partial charge in [-0.05, 0) is 56.2 Å². The van der Waals surface area contributed by atoms with E-state index in [-0.39, 0.29) is 17.7 Å². The molecule has 0 bridgehead atoms. The van der Waals surface area contributed by atoms with E-state index in [1.165, 1.54) is 0 Å². The maximum absolute atomic E-state index is 12.8. The Morgan fingerprint density at radius 1 is 1.14 bits per heavy atom. The summed E-state index contributed by atoms with van der Waals surface area (Å²) in [6, 6.07) is 16.5. The van der Waals surface area contributed by atoms with E-state index < -0.39 is 11.6 Å². The topological polar surface area (TPSA) is 109 Å². The van der Waals surface area contributed by atoms with E-state index in [0.29, 0.717) is 30.9 Å². The van der Waals surface area contributed by atoms with Crippen molar-refractivity contribution in [2.24, 2.45) is 5.92 Å². The van der Waals surface area contributed by atoms with Crippen LogP contribution in [0.4, 0.5) is 4.79 Å². The second kappa shape index (κ2) is 9.37. The second-order valence-corrected chi connectivity index (χ2v) is 9.29. The zero-order valence-corrected chi connectivity index (χ0v) is 19.6. The summed E-state index contributed by atoms with van der Waals surface area (Å²) in [5.74, 6) is 0.00226. The van der Waals surface area contributed by atoms with Crippen LogP contribution in [-0.2, 0) is 11.4 Å². The van der Waals surface area contributed by atoms with Gasteiger partial charge in [0.15, 0.2) is 0 Å². The Labute approximate surface area is 203 Å². The van der Waals surface area contributed by atoms with Gasteiger partial charge in [-0.15, -0.1) is 0 Å². The van der Waals surface area contributed by atoms with Crippen molar-refractivity contribution in [3.8, 4) is 5.75 Å². The number of para-hydroxylation sites is 1. The summed E-state index contributed by atoms with van der Waals surface area (Å²) in [4.78, 5) is 41.5. The van der Waals surface area contributed by atoms with Gasteiger partial charge in [-0.2, -0.15) is 0 Å². The van der Waals surface area contributed by atoms with E-state index in [9.17, 15) is 14.4 Å². The molecule has 1 aliphatic carbocycles. The van der Waals surface area contributed by atoms with Gasteiger partial charge in [0.1, 0.15) is 17.9 Å². The highest BCUT2D eigenvalue weighted by atomic mass is 16.5. The number of hydrogen-bond acceptors (Lipinski definition) is 5. The number of ether oxygens (including phenoxy) is 1. The number of aromatic nitrogens is 1. The molecular formula is C27H28N4O4. The zero-order valence-electron chi connectivity index (χ0n) is 19.6. The lowest BCUT2D eigenvalue weighted by atomic mass is 9.72. The summed E-state index contributed by atoms with van der Waals surface area (Å²) < 4.78 is 5.99. The number of imide groups is 1. The average molecular weight is 473 g/mol. The zero-order chi connectivity index (χ0) is 24.4. The normalized spacial score (nSPS) is 21.6. The minimum absolute atomic E-state index is 0.145. The number of nitrogens with one attached hydrogen (secondary N) is 3. The molecule has 1 spiro atoms. The van der Waals surface area contributed by atoms with Crippen molar-refractivity contribution in [2.75, 3.05) is 6.54 Å². The summed E-state index contributed by atoms with van der Waals surface area (Å²) in [5, 5.41) is 9.16. The molecule has 1 aromatic heterocycles. The number of carbonyl (C=O) groups excluding carboxylic acids is 3. The summed E-state index contributed by atoms with van der Waals surface area (Å²) in [5.41, 5.74) is 2.51. The van der Waals surface area contributed by atoms with E-state index in [0.717, 1.165) is 41.4 Å². The van der Waals surface area contributed by atoms with Crippen molar-refractivity contribution in [1.82, 2.24) is 20.9 Å². The first kappa shape index (κ1) is 22.8. The van der Waals surface area contributed by atoms with Crippen LogP contribution in [-0.4, -0.2) is 34.9 Å². The molecule has 3 aromatic rings. The lowest BCUT2D eigenvalue weighted by Gasteiger charge is -2.38. The van der Waals surface area contributed by atoms with Crippen LogP contribution in [0.15, 0.2) is 54.6 Å². The van der Waals surface area contributed by atoms with E-state index in [1.54, 1.807) is 24.3 Å². The quantitative estimate of drug-likeness (QED) is 0.475. The van der Waals surface area contributed by atoms with Gasteiger partial charge in [0.05, 0.1) is 5.52 Å². The highest BCUT2D eigenvalue weighted by Gasteiger charge is 2.52. The number of aryl methyl sites for hydroxylation is 1. The minimum Gasteiger partial charge on any atom is -0.489 e. The molecule has 1 saturated heterocycles. The monoisotopic (exact) mass is 472 g/mol. The van der Waals surface area contributed by atoms with Crippen molar-refractivity contribution >= 4 is 28.7 Å². The van der Waals surface area contributed by atoms with Crippen LogP contribution < -0.4 is 20.7 Å². The number of fused-ring (bicyclic) bond motifs is 1. The maximum atomic E-state index is 12.8. The number of benzene rings is 2. The molecule has 1 saturated carbocycles. The maximum Gasteiger partial charge on any atom is 0.322 e. The first-order chi connectivity index (χ1) is 16.9. The standard InChI is InChI=1S/C27H28N4O4/c1-17-14-19(22-7-2-3-8-23(22)29-17)16-35-21-11-9-18(10-12-21)24(32)28-15-20-6-4-5-13-27(20)25(33)30-26(34)31-27/h2-3,7-12,14,20H,4-6,13,15-16H2,1H3,(H,28,32)(H2,30,31,33,34)/t20-,27-/m1/s1. The van der Waals surface area contributed by atoms with Gasteiger partial charge in [-0.3, -0.25) is 19.9 Å². The molecular weight excluding hydrogens is 444 g/mol. The lowest BCUT2D eigenvalue weighted by Crippen LogP contribution is -2.57. The summed E-state index contributed by atoms with van der Waals surface area (Å²) in [6.07, 6.45) is 3.19. The Balaban J connectivity index is 1.20. The Morgan fingerprint density at radius 3 is 2.71 bits per heavy atom. The molecule has 0 radical (unpaired) electrons. The third-order valence-electron chi connectivity index (χ3n) is 6.99. The van der Waals surface area contributed by atoms with Crippen LogP contribution in [0.1, 0.15) is 47.3 Å². The van der Waals surface area contributed by atoms with Crippen LogP contribution in [0.2, 0.25) is 0 Å². The van der Waals surface area contributed by atoms with Crippen molar-refractivity contribution in [2.45, 2.75) is 44.8 Å². The average Bonchev–Trinajstić information content (AvgIpc) is 3.14. The van der Waals surface area contributed by atoms with Gasteiger partial charge in [0, 0.05) is 34.7 Å². The second-order valence-electron chi connectivity index (χ2n) is 9.29. The first-order valence-electron chi connectivity index (χ1n) is 11.9. The van der Waals surface area contributed by atoms with Gasteiger partial charge in [-0.1, -0.05) is 31.0 Å². The molecule has 1 aliphatic heterocycles. The molecule has 8 nitrogen and oxygen atoms in total. The van der Waals surface area contributed by atoms with E-state index >= 15 is 0 Å². The van der Waals surface area contributed by atoms with Crippen LogP contribution in [0.25, 0.3) is 10.9 Å². The first-order valence-corrected chi connectivity index (χ1v) is 11.9. The molecule has 2 heterocycles. The highest BCUT2D eigenvalue weighted by molar-refractivity contribution is 6.07. The van der Waals surface area contributed by atoms with Gasteiger partial charge in [0.2, 0.25) is 0 Å². The number of carbonyl (C=O) groups is 3. The predicted octanol–water partition coefficient (Wildman–Crippen LogP) is 3.62. The Hall–Kier alpha value is -3.94. The number of hydrogen-bond donors (Lipinski definition) is 3. The molecule has 0 unspecified atom stereocenters. The van der Waals surface area contributed by atoms with Gasteiger partial charge >= 0.3 is 6.03 Å². The van der Waals surface area contributed by atoms with Crippen LogP contribution in [0.3, 0.4) is 0 Å². The van der Waals surface area contributed by atoms with Crippen molar-refractivity contribution in [3.63, 3.8) is 0 Å². The minimum atomic E-state index is -0.921. The van der Waals surface area contributed by atoms with E-state index in [4.69, 9.17) is 4.74 Å². The van der Waals surface area contributed by atoms with Gasteiger partial charge in [-0.25, -0.2) is 4.79 Å². The molecule has 2 atom stereocenters. The smallest absolute Gasteiger partial charge is 0.322 e. The number of nitrogens with zero attached hydrogens (tertiary/aromatic N) is 1. The fourth-order valence-electron chi connectivity index (χ4n) is 5.19. The lowest BCUT2D eigenvalue weighted by molar-refractivity contribution is -0.127. The summed E-state index contributed by atoms with van der Waals surface area (Å²) in [7, 11) is 0. The number of rotatable bonds is 6. The number of amides is 4. The molecule has 180 valence electrons. The van der Waals surface area contributed by atoms with Crippen LogP contribution >= 0.6 is 0 Å². The van der Waals surface area contributed by atoms with Crippen molar-refractivity contribution in [3.05, 3.63) is 71.4 Å². The Bertz CT molecular complexity index is 1290. The molecule has 8 heteroatoms. The molecule has 4 amide bonds. The predicted molar refractivity (Wildman–Crippen MR) is 131 cm³/mol. The Kier molecular flexibility index (Phi) is 6.11. The third-order valence-corrected chi connectivity index (χ3v) is 6.99. The molecule has 3 N–H and O–H groups in total. The van der Waals surface area contributed by atoms with Crippen molar-refractivity contribution in [1.29, 1.82) is 0 Å². The fraction of sp³-hybridized carbons (Fsp3) is 0.333. The fourth-order valence-corrected chi connectivity index (χ4v) is 5.19. The highest BCUT2D eigenvalue weighted by Crippen LogP contribution is 2.35. The van der Waals surface area contributed by atoms with E-state index in [2.05, 4.69) is 20.9 Å². The largest absolute Gasteiger partial charge is 0.489 e. The third kappa shape index (κ3) is 4.56. The summed E-state index contributed by atoms with van der Waals surface area (Å²) in [6.45, 7) is 2.68. The molecule has 5 rings (SSSR count). The number of urea groups is 1. The van der Waals surface area contributed by atoms with Crippen LogP contribution in [0, 0.1) is 12.8 Å². The van der Waals surface area contributed by atoms with Gasteiger partial charge < -0.3 is 15.4 Å². The van der Waals surface area contributed by atoms with Crippen LogP contribution in [0.5, 0.6) is 5.75 Å². The summed E-state index contributed by atoms with van der Waals surface area (Å²) >= 11 is 0. The molecule has 35 heavy (non-hydrogen) atoms. The molecule has 2 aromatic carbocycles. The molecule has 2 fully saturated rings. The van der Waals surface area contributed by atoms with Gasteiger partial charge in [0.25, 0.3) is 11.8 Å². The SMILES string of the molecule is Cc1cc(COc2ccc(C(=O)NC[C@H]3CCCC[C@@]34NC(=O)NC4=O)cc2)c2ccccc2n1. The van der Waals surface area contributed by atoms with Crippen molar-refractivity contribution < 1.29 is 19.1 Å². The Morgan fingerprint density at radius 2 is 1.94 bits per heavy atom. The molecule has 2 aliphatic rings. The van der Waals surface area contributed by atoms with E-state index in [1.807, 2.05) is 37.3 Å².